The zero-order chi connectivity index (χ0) is 12.8. The van der Waals surface area contributed by atoms with Crippen molar-refractivity contribution in [2.45, 2.75) is 58.8 Å². The zero-order valence-corrected chi connectivity index (χ0v) is 11.2. The molecule has 0 N–H and O–H groups in total. The van der Waals surface area contributed by atoms with Crippen molar-refractivity contribution in [3.63, 3.8) is 0 Å². The first-order valence-corrected chi connectivity index (χ1v) is 6.71. The van der Waals surface area contributed by atoms with Crippen LogP contribution in [0.5, 0.6) is 0 Å². The summed E-state index contributed by atoms with van der Waals surface area (Å²) in [5, 5.41) is 0. The first-order chi connectivity index (χ1) is 8.35. The third kappa shape index (κ3) is 11.4. The van der Waals surface area contributed by atoms with E-state index in [1.165, 1.54) is 19.3 Å². The van der Waals surface area contributed by atoms with Crippen molar-refractivity contribution in [3.8, 4) is 0 Å². The van der Waals surface area contributed by atoms with Crippen LogP contribution in [0.25, 0.3) is 0 Å². The van der Waals surface area contributed by atoms with E-state index in [0.717, 1.165) is 32.0 Å². The molecule has 0 radical (unpaired) electrons. The Morgan fingerprint density at radius 1 is 1.06 bits per heavy atom. The van der Waals surface area contributed by atoms with Gasteiger partial charge in [-0.2, -0.15) is 0 Å². The number of carbonyl (C=O) groups is 1. The molecule has 0 aromatic heterocycles. The molecule has 3 heteroatoms. The molecule has 0 heterocycles. The highest BCUT2D eigenvalue weighted by Crippen LogP contribution is 2.02. The fourth-order valence-electron chi connectivity index (χ4n) is 1.39. The lowest BCUT2D eigenvalue weighted by Gasteiger charge is -2.06. The standard InChI is InChI=1S/C14H26O3/c1-3-5-7-9-11-16-13-17-14(12-15)10-8-6-4-2/h10,12H,3-9,11,13H2,1-2H3. The number of aldehydes is 1. The van der Waals surface area contributed by atoms with Crippen molar-refractivity contribution >= 4 is 6.29 Å². The molecule has 0 unspecified atom stereocenters. The number of rotatable bonds is 12. The molecule has 3 nitrogen and oxygen atoms in total. The molecule has 0 atom stereocenters. The largest absolute Gasteiger partial charge is 0.464 e. The summed E-state index contributed by atoms with van der Waals surface area (Å²) in [6.45, 7) is 5.19. The summed E-state index contributed by atoms with van der Waals surface area (Å²) in [7, 11) is 0. The maximum absolute atomic E-state index is 10.7. The Morgan fingerprint density at radius 3 is 2.47 bits per heavy atom. The first-order valence-electron chi connectivity index (χ1n) is 6.71. The second kappa shape index (κ2) is 13.2. The number of unbranched alkanes of at least 4 members (excludes halogenated alkanes) is 5. The SMILES string of the molecule is CCCCC=C(C=O)OCOCCCCCC. The summed E-state index contributed by atoms with van der Waals surface area (Å²) in [4.78, 5) is 10.7. The summed E-state index contributed by atoms with van der Waals surface area (Å²) < 4.78 is 10.5. The number of hydrogen-bond donors (Lipinski definition) is 0. The molecule has 0 aliphatic rings. The molecule has 0 aliphatic heterocycles. The van der Waals surface area contributed by atoms with Gasteiger partial charge in [0.1, 0.15) is 0 Å². The Hall–Kier alpha value is -0.830. The minimum atomic E-state index is 0.183. The molecule has 0 saturated carbocycles. The Kier molecular flexibility index (Phi) is 12.6. The predicted octanol–water partition coefficient (Wildman–Crippen LogP) is 3.83. The van der Waals surface area contributed by atoms with Crippen LogP contribution in [-0.2, 0) is 14.3 Å². The van der Waals surface area contributed by atoms with Crippen LogP contribution >= 0.6 is 0 Å². The molecule has 0 fully saturated rings. The van der Waals surface area contributed by atoms with Gasteiger partial charge < -0.3 is 9.47 Å². The van der Waals surface area contributed by atoms with Crippen molar-refractivity contribution in [1.82, 2.24) is 0 Å². The maximum Gasteiger partial charge on any atom is 0.189 e. The normalized spacial score (nSPS) is 11.5. The third-order valence-electron chi connectivity index (χ3n) is 2.47. The van der Waals surface area contributed by atoms with Crippen LogP contribution in [0.1, 0.15) is 58.8 Å². The second-order valence-corrected chi connectivity index (χ2v) is 4.10. The zero-order valence-electron chi connectivity index (χ0n) is 11.2. The average Bonchev–Trinajstić information content (AvgIpc) is 2.35. The van der Waals surface area contributed by atoms with E-state index >= 15 is 0 Å². The van der Waals surface area contributed by atoms with Crippen LogP contribution in [0.4, 0.5) is 0 Å². The van der Waals surface area contributed by atoms with Crippen LogP contribution in [0.3, 0.4) is 0 Å². The van der Waals surface area contributed by atoms with Crippen LogP contribution in [0, 0.1) is 0 Å². The summed E-state index contributed by atoms with van der Waals surface area (Å²) >= 11 is 0. The molecule has 0 bridgehead atoms. The summed E-state index contributed by atoms with van der Waals surface area (Å²) in [6.07, 6.45) is 10.4. The molecule has 0 amide bonds. The summed E-state index contributed by atoms with van der Waals surface area (Å²) in [6, 6.07) is 0. The molecular weight excluding hydrogens is 216 g/mol. The first kappa shape index (κ1) is 16.2. The highest BCUT2D eigenvalue weighted by atomic mass is 16.7. The molecule has 0 rings (SSSR count). The van der Waals surface area contributed by atoms with E-state index in [1.807, 2.05) is 6.08 Å². The Labute approximate surface area is 105 Å². The van der Waals surface area contributed by atoms with E-state index in [-0.39, 0.29) is 6.79 Å². The van der Waals surface area contributed by atoms with Crippen molar-refractivity contribution in [2.24, 2.45) is 0 Å². The fraction of sp³-hybridized carbons (Fsp3) is 0.786. The van der Waals surface area contributed by atoms with Crippen molar-refractivity contribution in [1.29, 1.82) is 0 Å². The number of ether oxygens (including phenoxy) is 2. The van der Waals surface area contributed by atoms with Crippen molar-refractivity contribution in [3.05, 3.63) is 11.8 Å². The van der Waals surface area contributed by atoms with Gasteiger partial charge in [0.2, 0.25) is 0 Å². The molecule has 17 heavy (non-hydrogen) atoms. The minimum absolute atomic E-state index is 0.183. The van der Waals surface area contributed by atoms with E-state index in [4.69, 9.17) is 9.47 Å². The Bertz CT molecular complexity index is 200. The van der Waals surface area contributed by atoms with Gasteiger partial charge in [-0.3, -0.25) is 4.79 Å². The maximum atomic E-state index is 10.7. The number of hydrogen-bond acceptors (Lipinski definition) is 3. The fourth-order valence-corrected chi connectivity index (χ4v) is 1.39. The lowest BCUT2D eigenvalue weighted by Crippen LogP contribution is -2.02. The van der Waals surface area contributed by atoms with E-state index in [1.54, 1.807) is 0 Å². The monoisotopic (exact) mass is 242 g/mol. The molecule has 0 aromatic carbocycles. The lowest BCUT2D eigenvalue weighted by molar-refractivity contribution is -0.111. The number of allylic oxidation sites excluding steroid dienone is 2. The smallest absolute Gasteiger partial charge is 0.189 e. The van der Waals surface area contributed by atoms with Crippen LogP contribution < -0.4 is 0 Å². The van der Waals surface area contributed by atoms with Gasteiger partial charge in [-0.25, -0.2) is 0 Å². The van der Waals surface area contributed by atoms with Gasteiger partial charge in [0.15, 0.2) is 18.8 Å². The van der Waals surface area contributed by atoms with Crippen molar-refractivity contribution in [2.75, 3.05) is 13.4 Å². The van der Waals surface area contributed by atoms with E-state index in [2.05, 4.69) is 13.8 Å². The summed E-state index contributed by atoms with van der Waals surface area (Å²) in [5.74, 6) is 0.395. The second-order valence-electron chi connectivity index (χ2n) is 4.10. The van der Waals surface area contributed by atoms with Crippen LogP contribution in [0.15, 0.2) is 11.8 Å². The van der Waals surface area contributed by atoms with Gasteiger partial charge in [0.05, 0.1) is 6.61 Å². The topological polar surface area (TPSA) is 35.5 Å². The third-order valence-corrected chi connectivity index (χ3v) is 2.47. The molecule has 0 aromatic rings. The highest BCUT2D eigenvalue weighted by Gasteiger charge is 1.95. The van der Waals surface area contributed by atoms with Gasteiger partial charge in [-0.15, -0.1) is 0 Å². The minimum Gasteiger partial charge on any atom is -0.464 e. The van der Waals surface area contributed by atoms with E-state index in [9.17, 15) is 4.79 Å². The van der Waals surface area contributed by atoms with Gasteiger partial charge in [0, 0.05) is 0 Å². The quantitative estimate of drug-likeness (QED) is 0.171. The molecule has 0 aliphatic carbocycles. The lowest BCUT2D eigenvalue weighted by atomic mass is 10.2. The van der Waals surface area contributed by atoms with Crippen LogP contribution in [0.2, 0.25) is 0 Å². The van der Waals surface area contributed by atoms with Gasteiger partial charge in [0.25, 0.3) is 0 Å². The molecule has 100 valence electrons. The predicted molar refractivity (Wildman–Crippen MR) is 69.7 cm³/mol. The van der Waals surface area contributed by atoms with Gasteiger partial charge in [-0.1, -0.05) is 39.5 Å². The molecular formula is C14H26O3. The van der Waals surface area contributed by atoms with Gasteiger partial charge >= 0.3 is 0 Å². The number of carbonyl (C=O) groups excluding carboxylic acids is 1. The van der Waals surface area contributed by atoms with Crippen LogP contribution in [-0.4, -0.2) is 19.7 Å². The molecule has 0 spiro atoms. The van der Waals surface area contributed by atoms with E-state index in [0.29, 0.717) is 12.4 Å². The van der Waals surface area contributed by atoms with Gasteiger partial charge in [-0.05, 0) is 25.3 Å². The summed E-state index contributed by atoms with van der Waals surface area (Å²) in [5.41, 5.74) is 0. The average molecular weight is 242 g/mol. The molecule has 0 saturated heterocycles. The van der Waals surface area contributed by atoms with E-state index < -0.39 is 0 Å². The Balaban J connectivity index is 3.43. The Morgan fingerprint density at radius 2 is 1.82 bits per heavy atom. The highest BCUT2D eigenvalue weighted by molar-refractivity contribution is 5.69. The van der Waals surface area contributed by atoms with Crippen molar-refractivity contribution < 1.29 is 14.3 Å².